The van der Waals surface area contributed by atoms with Crippen LogP contribution in [0.4, 0.5) is 13.2 Å². The van der Waals surface area contributed by atoms with Crippen LogP contribution in [-0.2, 0) is 14.3 Å². The molecule has 18 heavy (non-hydrogen) atoms. The topological polar surface area (TPSA) is 46.6 Å². The summed E-state index contributed by atoms with van der Waals surface area (Å²) in [5.41, 5.74) is -5.52. The van der Waals surface area contributed by atoms with Gasteiger partial charge in [0.05, 0.1) is 0 Å². The molecule has 8 heteroatoms. The van der Waals surface area contributed by atoms with Gasteiger partial charge in [-0.3, -0.25) is 4.90 Å². The first-order chi connectivity index (χ1) is 7.84. The fourth-order valence-corrected chi connectivity index (χ4v) is 2.00. The Morgan fingerprint density at radius 2 is 1.72 bits per heavy atom. The monoisotopic (exact) mass is 287 g/mol. The Labute approximate surface area is 105 Å². The molecule has 0 aliphatic carbocycles. The lowest BCUT2D eigenvalue weighted by atomic mass is 9.91. The Hall–Kier alpha value is -0.760. The zero-order valence-corrected chi connectivity index (χ0v) is 11.2. The summed E-state index contributed by atoms with van der Waals surface area (Å²) >= 11 is 0. The van der Waals surface area contributed by atoms with Crippen molar-refractivity contribution in [2.45, 2.75) is 31.8 Å². The standard InChI is InChI=1S/C10H16F3NO3S/c1-7(17-18(15,16)10(11,12)13)8-5-14(6-8)9(2,3)4/h8H,1,5-6H2,2-4H3. The van der Waals surface area contributed by atoms with Gasteiger partial charge in [0.25, 0.3) is 0 Å². The number of nitrogens with zero attached hydrogens (tertiary/aromatic N) is 1. The van der Waals surface area contributed by atoms with Gasteiger partial charge in [0.1, 0.15) is 5.76 Å². The zero-order valence-electron chi connectivity index (χ0n) is 10.4. The quantitative estimate of drug-likeness (QED) is 0.453. The fourth-order valence-electron chi connectivity index (χ4n) is 1.49. The van der Waals surface area contributed by atoms with Crippen molar-refractivity contribution in [2.75, 3.05) is 13.1 Å². The normalized spacial score (nSPS) is 19.4. The smallest absolute Gasteiger partial charge is 0.381 e. The van der Waals surface area contributed by atoms with E-state index in [2.05, 4.69) is 10.8 Å². The van der Waals surface area contributed by atoms with Crippen LogP contribution in [0, 0.1) is 5.92 Å². The molecular formula is C10H16F3NO3S. The first-order valence-corrected chi connectivity index (χ1v) is 6.70. The third-order valence-corrected chi connectivity index (χ3v) is 3.79. The lowest BCUT2D eigenvalue weighted by Gasteiger charge is -2.47. The average molecular weight is 287 g/mol. The summed E-state index contributed by atoms with van der Waals surface area (Å²) < 4.78 is 61.8. The van der Waals surface area contributed by atoms with Gasteiger partial charge in [-0.25, -0.2) is 0 Å². The summed E-state index contributed by atoms with van der Waals surface area (Å²) in [4.78, 5) is 1.99. The predicted molar refractivity (Wildman–Crippen MR) is 60.0 cm³/mol. The molecule has 0 aromatic carbocycles. The highest BCUT2D eigenvalue weighted by Crippen LogP contribution is 2.33. The summed E-state index contributed by atoms with van der Waals surface area (Å²) in [5, 5.41) is 0. The maximum absolute atomic E-state index is 12.1. The predicted octanol–water partition coefficient (Wildman–Crippen LogP) is 2.10. The molecule has 1 saturated heterocycles. The molecule has 0 aromatic heterocycles. The van der Waals surface area contributed by atoms with Crippen molar-refractivity contribution in [1.29, 1.82) is 0 Å². The molecule has 1 aliphatic rings. The number of likely N-dealkylation sites (tertiary alicyclic amines) is 1. The van der Waals surface area contributed by atoms with E-state index < -0.39 is 15.6 Å². The average Bonchev–Trinajstić information content (AvgIpc) is 1.92. The lowest BCUT2D eigenvalue weighted by molar-refractivity contribution is -0.0545. The van der Waals surface area contributed by atoms with E-state index in [9.17, 15) is 21.6 Å². The van der Waals surface area contributed by atoms with Crippen molar-refractivity contribution in [3.05, 3.63) is 12.3 Å². The Kier molecular flexibility index (Phi) is 3.75. The maximum atomic E-state index is 12.1. The van der Waals surface area contributed by atoms with Crippen LogP contribution in [-0.4, -0.2) is 37.5 Å². The molecule has 1 fully saturated rings. The molecule has 0 N–H and O–H groups in total. The molecule has 0 spiro atoms. The van der Waals surface area contributed by atoms with Crippen molar-refractivity contribution in [2.24, 2.45) is 5.92 Å². The molecule has 0 saturated carbocycles. The molecule has 1 heterocycles. The summed E-state index contributed by atoms with van der Waals surface area (Å²) in [6.45, 7) is 10.0. The van der Waals surface area contributed by atoms with Crippen LogP contribution in [0.25, 0.3) is 0 Å². The van der Waals surface area contributed by atoms with Gasteiger partial charge >= 0.3 is 15.6 Å². The van der Waals surface area contributed by atoms with Crippen LogP contribution in [0.5, 0.6) is 0 Å². The third-order valence-electron chi connectivity index (χ3n) is 2.79. The molecule has 0 radical (unpaired) electrons. The molecule has 106 valence electrons. The van der Waals surface area contributed by atoms with Gasteiger partial charge in [0.15, 0.2) is 0 Å². The van der Waals surface area contributed by atoms with E-state index in [-0.39, 0.29) is 17.2 Å². The van der Waals surface area contributed by atoms with Crippen LogP contribution < -0.4 is 0 Å². The van der Waals surface area contributed by atoms with Crippen molar-refractivity contribution < 1.29 is 25.8 Å². The number of alkyl halides is 3. The zero-order chi connectivity index (χ0) is 14.4. The van der Waals surface area contributed by atoms with E-state index in [1.165, 1.54) is 0 Å². The molecule has 0 unspecified atom stereocenters. The lowest BCUT2D eigenvalue weighted by Crippen LogP contribution is -2.56. The highest BCUT2D eigenvalue weighted by atomic mass is 32.2. The van der Waals surface area contributed by atoms with Crippen LogP contribution in [0.3, 0.4) is 0 Å². The van der Waals surface area contributed by atoms with E-state index in [4.69, 9.17) is 0 Å². The van der Waals surface area contributed by atoms with Gasteiger partial charge in [-0.2, -0.15) is 21.6 Å². The molecule has 0 aromatic rings. The molecule has 1 rings (SSSR count). The molecule has 0 bridgehead atoms. The van der Waals surface area contributed by atoms with Gasteiger partial charge in [0.2, 0.25) is 0 Å². The molecule has 0 amide bonds. The Bertz CT molecular complexity index is 430. The molecule has 4 nitrogen and oxygen atoms in total. The summed E-state index contributed by atoms with van der Waals surface area (Å²) in [5.74, 6) is -0.742. The highest BCUT2D eigenvalue weighted by molar-refractivity contribution is 7.87. The number of hydrogen-bond acceptors (Lipinski definition) is 4. The minimum Gasteiger partial charge on any atom is -0.381 e. The van der Waals surface area contributed by atoms with E-state index in [1.54, 1.807) is 0 Å². The second-order valence-corrected chi connectivity index (χ2v) is 6.76. The Morgan fingerprint density at radius 3 is 2.06 bits per heavy atom. The Morgan fingerprint density at radius 1 is 1.28 bits per heavy atom. The van der Waals surface area contributed by atoms with Gasteiger partial charge in [-0.15, -0.1) is 0 Å². The SMILES string of the molecule is C=C(OS(=O)(=O)C(F)(F)F)C1CN(C(C)(C)C)C1. The van der Waals surface area contributed by atoms with Crippen LogP contribution in [0.15, 0.2) is 12.3 Å². The second-order valence-electron chi connectivity index (χ2n) is 5.22. The highest BCUT2D eigenvalue weighted by Gasteiger charge is 2.50. The first kappa shape index (κ1) is 15.3. The van der Waals surface area contributed by atoms with Crippen molar-refractivity contribution >= 4 is 10.1 Å². The third kappa shape index (κ3) is 3.17. The summed E-state index contributed by atoms with van der Waals surface area (Å²) in [6.07, 6.45) is 0. The van der Waals surface area contributed by atoms with Crippen LogP contribution >= 0.6 is 0 Å². The fraction of sp³-hybridized carbons (Fsp3) is 0.800. The second kappa shape index (κ2) is 4.41. The van der Waals surface area contributed by atoms with Crippen molar-refractivity contribution in [3.8, 4) is 0 Å². The maximum Gasteiger partial charge on any atom is 0.534 e. The van der Waals surface area contributed by atoms with Crippen LogP contribution in [0.2, 0.25) is 0 Å². The summed E-state index contributed by atoms with van der Waals surface area (Å²) in [6, 6.07) is 0. The largest absolute Gasteiger partial charge is 0.534 e. The van der Waals surface area contributed by atoms with Crippen molar-refractivity contribution in [3.63, 3.8) is 0 Å². The molecule has 0 atom stereocenters. The van der Waals surface area contributed by atoms with Gasteiger partial charge in [-0.1, -0.05) is 6.58 Å². The summed E-state index contributed by atoms with van der Waals surface area (Å²) in [7, 11) is -5.59. The van der Waals surface area contributed by atoms with Crippen molar-refractivity contribution in [1.82, 2.24) is 4.90 Å². The minimum absolute atomic E-state index is 0.111. The number of hydrogen-bond donors (Lipinski definition) is 0. The first-order valence-electron chi connectivity index (χ1n) is 5.29. The van der Waals surface area contributed by atoms with E-state index in [0.29, 0.717) is 13.1 Å². The van der Waals surface area contributed by atoms with E-state index >= 15 is 0 Å². The minimum atomic E-state index is -5.59. The molecule has 1 aliphatic heterocycles. The number of halogens is 3. The molecular weight excluding hydrogens is 271 g/mol. The van der Waals surface area contributed by atoms with E-state index in [0.717, 1.165) is 0 Å². The van der Waals surface area contributed by atoms with Crippen LogP contribution in [0.1, 0.15) is 20.8 Å². The van der Waals surface area contributed by atoms with Gasteiger partial charge in [0, 0.05) is 24.5 Å². The Balaban J connectivity index is 2.57. The van der Waals surface area contributed by atoms with Gasteiger partial charge < -0.3 is 4.18 Å². The van der Waals surface area contributed by atoms with E-state index in [1.807, 2.05) is 25.7 Å². The number of rotatable bonds is 3. The van der Waals surface area contributed by atoms with Gasteiger partial charge in [-0.05, 0) is 20.8 Å².